The van der Waals surface area contributed by atoms with Crippen LogP contribution in [0.3, 0.4) is 0 Å². The molecular weight excluding hydrogens is 557 g/mol. The van der Waals surface area contributed by atoms with Crippen LogP contribution in [0.15, 0.2) is 58.0 Å². The fourth-order valence-corrected chi connectivity index (χ4v) is 5.67. The first-order valence-electron chi connectivity index (χ1n) is 12.7. The lowest BCUT2D eigenvalue weighted by Gasteiger charge is -2.50. The molecule has 41 heavy (non-hydrogen) atoms. The number of aryl methyl sites for hydroxylation is 1. The quantitative estimate of drug-likeness (QED) is 0.0951. The van der Waals surface area contributed by atoms with Crippen LogP contribution in [0.1, 0.15) is 25.0 Å². The lowest BCUT2D eigenvalue weighted by atomic mass is 9.82. The number of carbonyl (C=O) groups excluding carboxylic acids is 3. The van der Waals surface area contributed by atoms with Crippen molar-refractivity contribution in [3.05, 3.63) is 58.5 Å². The van der Waals surface area contributed by atoms with Crippen LogP contribution in [0, 0.1) is 0 Å². The summed E-state index contributed by atoms with van der Waals surface area (Å²) in [7, 11) is 1.85. The molecule has 0 aliphatic carbocycles. The Labute approximate surface area is 237 Å². The molecule has 13 nitrogen and oxygen atoms in total. The number of nitrogens with one attached hydrogen (secondary N) is 1. The van der Waals surface area contributed by atoms with Crippen LogP contribution in [-0.4, -0.2) is 76.3 Å². The highest BCUT2D eigenvalue weighted by Gasteiger charge is 2.53. The van der Waals surface area contributed by atoms with Gasteiger partial charge in [-0.05, 0) is 37.0 Å². The Morgan fingerprint density at radius 1 is 1.39 bits per heavy atom. The van der Waals surface area contributed by atoms with Crippen molar-refractivity contribution in [1.82, 2.24) is 15.2 Å². The Kier molecular flexibility index (Phi) is 7.79. The summed E-state index contributed by atoms with van der Waals surface area (Å²) in [5.41, 5.74) is 6.81. The highest BCUT2D eigenvalue weighted by molar-refractivity contribution is 7.13. The number of carboxylic acids is 1. The number of rotatable bonds is 9. The number of fused-ring (bicyclic) bond motifs is 1. The van der Waals surface area contributed by atoms with Crippen molar-refractivity contribution in [3.63, 3.8) is 0 Å². The first kappa shape index (κ1) is 27.9. The van der Waals surface area contributed by atoms with E-state index in [4.69, 9.17) is 10.6 Å². The molecule has 0 radical (unpaired) electrons. The number of alkyl halides is 1. The number of amides is 3. The fraction of sp³-hybridized carbons (Fsp3) is 0.346. The van der Waals surface area contributed by atoms with Gasteiger partial charge in [0.05, 0.1) is 6.04 Å². The topological polar surface area (TPSA) is 171 Å². The third-order valence-corrected chi connectivity index (χ3v) is 7.65. The Morgan fingerprint density at radius 2 is 2.20 bits per heavy atom. The summed E-state index contributed by atoms with van der Waals surface area (Å²) in [6.07, 6.45) is 6.32. The maximum atomic E-state index is 13.1. The Morgan fingerprint density at radius 3 is 2.88 bits per heavy atom. The van der Waals surface area contributed by atoms with Gasteiger partial charge in [-0.3, -0.25) is 19.3 Å². The molecule has 2 fully saturated rings. The van der Waals surface area contributed by atoms with E-state index in [0.717, 1.165) is 21.9 Å². The number of carbonyl (C=O) groups is 4. The lowest BCUT2D eigenvalue weighted by molar-refractivity contribution is -0.670. The van der Waals surface area contributed by atoms with E-state index in [9.17, 15) is 28.7 Å². The fourth-order valence-electron chi connectivity index (χ4n) is 5.12. The van der Waals surface area contributed by atoms with Gasteiger partial charge in [-0.15, -0.1) is 11.3 Å². The van der Waals surface area contributed by atoms with Gasteiger partial charge in [0.15, 0.2) is 23.2 Å². The minimum atomic E-state index is -1.31. The van der Waals surface area contributed by atoms with E-state index in [1.165, 1.54) is 5.38 Å². The Balaban J connectivity index is 1.34. The predicted octanol–water partition coefficient (Wildman–Crippen LogP) is 0.431. The van der Waals surface area contributed by atoms with Gasteiger partial charge < -0.3 is 25.9 Å². The van der Waals surface area contributed by atoms with Gasteiger partial charge in [0.1, 0.15) is 43.4 Å². The van der Waals surface area contributed by atoms with Crippen molar-refractivity contribution >= 4 is 51.6 Å². The van der Waals surface area contributed by atoms with Crippen LogP contribution >= 0.6 is 11.3 Å². The van der Waals surface area contributed by atoms with E-state index in [-0.39, 0.29) is 41.2 Å². The zero-order valence-corrected chi connectivity index (χ0v) is 22.8. The van der Waals surface area contributed by atoms with Gasteiger partial charge in [0, 0.05) is 23.6 Å². The van der Waals surface area contributed by atoms with Crippen LogP contribution < -0.4 is 20.5 Å². The highest BCUT2D eigenvalue weighted by atomic mass is 32.1. The van der Waals surface area contributed by atoms with Crippen molar-refractivity contribution in [2.45, 2.75) is 31.3 Å². The maximum absolute atomic E-state index is 13.1. The molecule has 0 saturated carbocycles. The number of aliphatic carboxylic acids is 1. The summed E-state index contributed by atoms with van der Waals surface area (Å²) in [6.45, 7) is -0.759. The third kappa shape index (κ3) is 5.39. The number of nitrogens with zero attached hydrogens (tertiary/aromatic N) is 5. The number of aromatic nitrogens is 2. The number of hydrogen-bond donors (Lipinski definition) is 3. The van der Waals surface area contributed by atoms with E-state index in [1.807, 2.05) is 36.1 Å². The summed E-state index contributed by atoms with van der Waals surface area (Å²) in [6, 6.07) is 2.03. The second-order valence-corrected chi connectivity index (χ2v) is 10.5. The monoisotopic (exact) mass is 584 g/mol. The van der Waals surface area contributed by atoms with Gasteiger partial charge in [0.25, 0.3) is 17.7 Å². The molecule has 3 aliphatic rings. The SMILES string of the molecule is C[n+]1cccc(N2CCC(=CC3=C(C(=O)O)N4C(=O)[C@@H](NC(=O)/C(=N\OCCF)c5csc(N)n5)[C@H]4CC3)C2=O)c1. The highest BCUT2D eigenvalue weighted by Crippen LogP contribution is 2.38. The number of carboxylic acid groups (broad SMARTS) is 1. The Hall–Kier alpha value is -4.66. The molecule has 4 N–H and O–H groups in total. The number of oxime groups is 1. The molecule has 3 amide bonds. The van der Waals surface area contributed by atoms with E-state index in [1.54, 1.807) is 11.0 Å². The van der Waals surface area contributed by atoms with Crippen LogP contribution in [0.2, 0.25) is 0 Å². The number of thiazole rings is 1. The maximum Gasteiger partial charge on any atom is 0.352 e. The number of nitrogens with two attached hydrogens (primary N) is 1. The second kappa shape index (κ2) is 11.4. The molecule has 2 saturated heterocycles. The average Bonchev–Trinajstić information content (AvgIpc) is 3.54. The minimum absolute atomic E-state index is 0.0932. The van der Waals surface area contributed by atoms with Crippen LogP contribution in [0.25, 0.3) is 0 Å². The molecule has 0 spiro atoms. The molecular formula is C26H27FN7O6S+. The summed E-state index contributed by atoms with van der Waals surface area (Å²) in [4.78, 5) is 63.2. The van der Waals surface area contributed by atoms with Crippen molar-refractivity contribution < 1.29 is 38.1 Å². The molecule has 15 heteroatoms. The predicted molar refractivity (Wildman–Crippen MR) is 144 cm³/mol. The van der Waals surface area contributed by atoms with Crippen LogP contribution in [0.4, 0.5) is 15.2 Å². The first-order chi connectivity index (χ1) is 19.7. The summed E-state index contributed by atoms with van der Waals surface area (Å²) in [5.74, 6) is -2.95. The van der Waals surface area contributed by atoms with E-state index >= 15 is 0 Å². The van der Waals surface area contributed by atoms with Crippen LogP contribution in [0.5, 0.6) is 0 Å². The summed E-state index contributed by atoms with van der Waals surface area (Å²) in [5, 5.41) is 17.9. The molecule has 2 atom stereocenters. The zero-order valence-electron chi connectivity index (χ0n) is 21.9. The van der Waals surface area contributed by atoms with Gasteiger partial charge in [0.2, 0.25) is 0 Å². The molecule has 0 unspecified atom stereocenters. The number of allylic oxidation sites excluding steroid dienone is 2. The third-order valence-electron chi connectivity index (χ3n) is 6.98. The molecule has 0 bridgehead atoms. The molecule has 5 rings (SSSR count). The van der Waals surface area contributed by atoms with Gasteiger partial charge in [-0.2, -0.15) is 0 Å². The van der Waals surface area contributed by atoms with Gasteiger partial charge >= 0.3 is 5.97 Å². The first-order valence-corrected chi connectivity index (χ1v) is 13.6. The standard InChI is InChI=1S/C26H26FN7O6S/c1-32-8-2-3-16(12-32)33-9-6-15(23(33)36)11-14-4-5-18-20(24(37)34(18)21(14)25(38)39)30-22(35)19(31-40-10-7-27)17-13-41-26(28)29-17/h2-3,8,11-13,18,20H,4-7,9-10H2,1H3,(H3-,28,29,30,35,38,39)/p+1/b15-11?,31-19-/t18-,20+/m1/s1. The zero-order chi connectivity index (χ0) is 29.3. The number of hydrogen-bond acceptors (Lipinski definition) is 9. The lowest BCUT2D eigenvalue weighted by Crippen LogP contribution is -2.72. The number of pyridine rings is 1. The Bertz CT molecular complexity index is 1520. The number of nitrogen functional groups attached to an aromatic ring is 1. The number of halogens is 1. The van der Waals surface area contributed by atoms with E-state index in [0.29, 0.717) is 30.5 Å². The number of β-lactam (4-membered cyclic amide) rings is 1. The van der Waals surface area contributed by atoms with Crippen molar-refractivity contribution in [2.24, 2.45) is 12.2 Å². The minimum Gasteiger partial charge on any atom is -0.477 e. The molecule has 0 aromatic carbocycles. The van der Waals surface area contributed by atoms with Crippen molar-refractivity contribution in [3.8, 4) is 0 Å². The molecule has 5 heterocycles. The average molecular weight is 585 g/mol. The smallest absolute Gasteiger partial charge is 0.352 e. The normalized spacial score (nSPS) is 21.7. The van der Waals surface area contributed by atoms with Gasteiger partial charge in [-0.1, -0.05) is 5.16 Å². The largest absolute Gasteiger partial charge is 0.477 e. The second-order valence-electron chi connectivity index (χ2n) is 9.58. The summed E-state index contributed by atoms with van der Waals surface area (Å²) < 4.78 is 14.3. The van der Waals surface area contributed by atoms with E-state index in [2.05, 4.69) is 15.5 Å². The molecule has 3 aliphatic heterocycles. The van der Waals surface area contributed by atoms with E-state index < -0.39 is 36.5 Å². The van der Waals surface area contributed by atoms with Crippen molar-refractivity contribution in [1.29, 1.82) is 0 Å². The molecule has 214 valence electrons. The molecule has 2 aromatic heterocycles. The molecule has 2 aromatic rings. The summed E-state index contributed by atoms with van der Waals surface area (Å²) >= 11 is 1.06. The van der Waals surface area contributed by atoms with Crippen molar-refractivity contribution in [2.75, 3.05) is 30.5 Å². The van der Waals surface area contributed by atoms with Gasteiger partial charge in [-0.25, -0.2) is 18.7 Å². The number of anilines is 2. The van der Waals surface area contributed by atoms with Crippen LogP contribution in [-0.2, 0) is 31.1 Å².